The first-order chi connectivity index (χ1) is 7.24. The molecule has 0 radical (unpaired) electrons. The minimum atomic E-state index is -0.267. The quantitative estimate of drug-likeness (QED) is 0.698. The van der Waals surface area contributed by atoms with Gasteiger partial charge in [-0.2, -0.15) is 5.10 Å². The zero-order valence-electron chi connectivity index (χ0n) is 9.62. The number of ether oxygens (including phenoxy) is 1. The summed E-state index contributed by atoms with van der Waals surface area (Å²) in [6.07, 6.45) is 3.41. The lowest BCUT2D eigenvalue weighted by Gasteiger charge is -2.05. The summed E-state index contributed by atoms with van der Waals surface area (Å²) in [7, 11) is 0. The maximum atomic E-state index is 11.6. The third-order valence-electron chi connectivity index (χ3n) is 2.21. The van der Waals surface area contributed by atoms with E-state index in [2.05, 4.69) is 12.0 Å². The summed E-state index contributed by atoms with van der Waals surface area (Å²) in [6, 6.07) is 0. The molecule has 0 aliphatic rings. The second-order valence-electron chi connectivity index (χ2n) is 3.30. The predicted octanol–water partition coefficient (Wildman–Crippen LogP) is 2.03. The van der Waals surface area contributed by atoms with Gasteiger partial charge in [0.2, 0.25) is 0 Å². The predicted molar refractivity (Wildman–Crippen MR) is 57.9 cm³/mol. The number of hydrogen-bond donors (Lipinski definition) is 0. The Morgan fingerprint density at radius 3 is 2.73 bits per heavy atom. The van der Waals surface area contributed by atoms with Gasteiger partial charge in [0.05, 0.1) is 18.5 Å². The minimum Gasteiger partial charge on any atom is -0.462 e. The highest BCUT2D eigenvalue weighted by Gasteiger charge is 2.16. The summed E-state index contributed by atoms with van der Waals surface area (Å²) in [4.78, 5) is 11.6. The first-order valence-electron chi connectivity index (χ1n) is 5.46. The van der Waals surface area contributed by atoms with Crippen molar-refractivity contribution in [3.8, 4) is 0 Å². The normalized spacial score (nSPS) is 10.3. The van der Waals surface area contributed by atoms with Gasteiger partial charge in [0.25, 0.3) is 0 Å². The smallest absolute Gasteiger partial charge is 0.341 e. The van der Waals surface area contributed by atoms with Crippen LogP contribution >= 0.6 is 0 Å². The molecule has 0 atom stereocenters. The van der Waals surface area contributed by atoms with Gasteiger partial charge in [-0.15, -0.1) is 0 Å². The van der Waals surface area contributed by atoms with Crippen molar-refractivity contribution in [1.29, 1.82) is 0 Å². The van der Waals surface area contributed by atoms with Crippen LogP contribution in [0, 0.1) is 0 Å². The molecule has 0 spiro atoms. The Bertz CT molecular complexity index is 331. The van der Waals surface area contributed by atoms with E-state index in [1.807, 2.05) is 11.6 Å². The van der Waals surface area contributed by atoms with E-state index in [0.717, 1.165) is 25.1 Å². The third kappa shape index (κ3) is 2.58. The molecule has 0 unspecified atom stereocenters. The molecule has 15 heavy (non-hydrogen) atoms. The number of carbonyl (C=O) groups is 1. The van der Waals surface area contributed by atoms with Crippen LogP contribution < -0.4 is 0 Å². The first kappa shape index (κ1) is 11.8. The lowest BCUT2D eigenvalue weighted by Crippen LogP contribution is -2.09. The van der Waals surface area contributed by atoms with E-state index in [9.17, 15) is 4.79 Å². The lowest BCUT2D eigenvalue weighted by molar-refractivity contribution is 0.0525. The standard InChI is InChI=1S/C11H18N2O2/c1-4-7-13-10(5-2)9(8-12-13)11(14)15-6-3/h8H,4-7H2,1-3H3. The van der Waals surface area contributed by atoms with Crippen LogP contribution in [-0.2, 0) is 17.7 Å². The molecule has 84 valence electrons. The second-order valence-corrected chi connectivity index (χ2v) is 3.30. The fourth-order valence-corrected chi connectivity index (χ4v) is 1.57. The number of hydrogen-bond acceptors (Lipinski definition) is 3. The molecule has 0 amide bonds. The molecule has 1 rings (SSSR count). The number of rotatable bonds is 5. The van der Waals surface area contributed by atoms with Crippen molar-refractivity contribution in [3.63, 3.8) is 0 Å². The Kier molecular flexibility index (Phi) is 4.34. The van der Waals surface area contributed by atoms with Crippen LogP contribution in [0.2, 0.25) is 0 Å². The van der Waals surface area contributed by atoms with Crippen LogP contribution in [0.1, 0.15) is 43.2 Å². The van der Waals surface area contributed by atoms with Crippen LogP contribution in [0.5, 0.6) is 0 Å². The van der Waals surface area contributed by atoms with E-state index in [-0.39, 0.29) is 5.97 Å². The molecular weight excluding hydrogens is 192 g/mol. The Morgan fingerprint density at radius 2 is 2.20 bits per heavy atom. The summed E-state index contributed by atoms with van der Waals surface area (Å²) in [5.41, 5.74) is 1.57. The summed E-state index contributed by atoms with van der Waals surface area (Å²) < 4.78 is 6.85. The van der Waals surface area contributed by atoms with Crippen molar-refractivity contribution in [2.75, 3.05) is 6.61 Å². The number of esters is 1. The summed E-state index contributed by atoms with van der Waals surface area (Å²) in [5, 5.41) is 4.20. The van der Waals surface area contributed by atoms with Gasteiger partial charge < -0.3 is 4.74 Å². The van der Waals surface area contributed by atoms with Crippen molar-refractivity contribution < 1.29 is 9.53 Å². The molecule has 0 aliphatic heterocycles. The maximum Gasteiger partial charge on any atom is 0.341 e. The zero-order valence-corrected chi connectivity index (χ0v) is 9.62. The van der Waals surface area contributed by atoms with Crippen molar-refractivity contribution in [3.05, 3.63) is 17.5 Å². The second kappa shape index (κ2) is 5.53. The Hall–Kier alpha value is -1.32. The number of aryl methyl sites for hydroxylation is 1. The average molecular weight is 210 g/mol. The van der Waals surface area contributed by atoms with Crippen molar-refractivity contribution >= 4 is 5.97 Å². The largest absolute Gasteiger partial charge is 0.462 e. The average Bonchev–Trinajstić information content (AvgIpc) is 2.62. The lowest BCUT2D eigenvalue weighted by atomic mass is 10.2. The van der Waals surface area contributed by atoms with Crippen LogP contribution in [0.4, 0.5) is 0 Å². The Balaban J connectivity index is 2.92. The molecule has 0 N–H and O–H groups in total. The van der Waals surface area contributed by atoms with Gasteiger partial charge in [0.1, 0.15) is 5.56 Å². The molecule has 0 saturated carbocycles. The van der Waals surface area contributed by atoms with Crippen LogP contribution in [0.25, 0.3) is 0 Å². The summed E-state index contributed by atoms with van der Waals surface area (Å²) in [5.74, 6) is -0.267. The molecule has 0 aromatic carbocycles. The Morgan fingerprint density at radius 1 is 1.47 bits per heavy atom. The molecule has 0 aliphatic carbocycles. The molecule has 0 fully saturated rings. The molecule has 0 saturated heterocycles. The summed E-state index contributed by atoms with van der Waals surface area (Å²) in [6.45, 7) is 7.17. The van der Waals surface area contributed by atoms with E-state index in [0.29, 0.717) is 12.2 Å². The number of aromatic nitrogens is 2. The van der Waals surface area contributed by atoms with E-state index in [1.165, 1.54) is 0 Å². The van der Waals surface area contributed by atoms with Gasteiger partial charge in [0, 0.05) is 6.54 Å². The SMILES string of the molecule is CCCn1ncc(C(=O)OCC)c1CC. The van der Waals surface area contributed by atoms with Gasteiger partial charge in [-0.05, 0) is 19.8 Å². The van der Waals surface area contributed by atoms with E-state index in [4.69, 9.17) is 4.74 Å². The Labute approximate surface area is 90.2 Å². The van der Waals surface area contributed by atoms with Crippen molar-refractivity contribution in [2.45, 2.75) is 40.2 Å². The topological polar surface area (TPSA) is 44.1 Å². The van der Waals surface area contributed by atoms with Crippen LogP contribution in [0.15, 0.2) is 6.20 Å². The van der Waals surface area contributed by atoms with Gasteiger partial charge >= 0.3 is 5.97 Å². The molecule has 4 nitrogen and oxygen atoms in total. The van der Waals surface area contributed by atoms with Gasteiger partial charge in [-0.1, -0.05) is 13.8 Å². The number of carbonyl (C=O) groups excluding carboxylic acids is 1. The van der Waals surface area contributed by atoms with Gasteiger partial charge in [-0.3, -0.25) is 4.68 Å². The first-order valence-corrected chi connectivity index (χ1v) is 5.46. The van der Waals surface area contributed by atoms with Crippen molar-refractivity contribution in [1.82, 2.24) is 9.78 Å². The molecule has 1 heterocycles. The highest BCUT2D eigenvalue weighted by Crippen LogP contribution is 2.11. The zero-order chi connectivity index (χ0) is 11.3. The molecular formula is C11H18N2O2. The third-order valence-corrected chi connectivity index (χ3v) is 2.21. The van der Waals surface area contributed by atoms with Crippen molar-refractivity contribution in [2.24, 2.45) is 0 Å². The molecule has 1 aromatic rings. The van der Waals surface area contributed by atoms with E-state index in [1.54, 1.807) is 13.1 Å². The van der Waals surface area contributed by atoms with Crippen LogP contribution in [0.3, 0.4) is 0 Å². The summed E-state index contributed by atoms with van der Waals surface area (Å²) >= 11 is 0. The van der Waals surface area contributed by atoms with E-state index >= 15 is 0 Å². The molecule has 4 heteroatoms. The fraction of sp³-hybridized carbons (Fsp3) is 0.636. The van der Waals surface area contributed by atoms with E-state index < -0.39 is 0 Å². The van der Waals surface area contributed by atoms with Crippen LogP contribution in [-0.4, -0.2) is 22.4 Å². The van der Waals surface area contributed by atoms with Gasteiger partial charge in [0.15, 0.2) is 0 Å². The fourth-order valence-electron chi connectivity index (χ4n) is 1.57. The highest BCUT2D eigenvalue weighted by atomic mass is 16.5. The van der Waals surface area contributed by atoms with Gasteiger partial charge in [-0.25, -0.2) is 4.79 Å². The minimum absolute atomic E-state index is 0.267. The monoisotopic (exact) mass is 210 g/mol. The molecule has 1 aromatic heterocycles. The molecule has 0 bridgehead atoms. The maximum absolute atomic E-state index is 11.6. The number of nitrogens with zero attached hydrogens (tertiary/aromatic N) is 2. The highest BCUT2D eigenvalue weighted by molar-refractivity contribution is 5.90.